The van der Waals surface area contributed by atoms with E-state index in [1.807, 2.05) is 6.07 Å². The van der Waals surface area contributed by atoms with Crippen molar-refractivity contribution in [3.8, 4) is 11.5 Å². The second-order valence-corrected chi connectivity index (χ2v) is 8.47. The molecule has 0 unspecified atom stereocenters. The van der Waals surface area contributed by atoms with E-state index in [0.29, 0.717) is 19.0 Å². The Morgan fingerprint density at radius 3 is 2.23 bits per heavy atom. The van der Waals surface area contributed by atoms with Crippen LogP contribution in [-0.2, 0) is 11.3 Å². The van der Waals surface area contributed by atoms with E-state index in [2.05, 4.69) is 37.5 Å². The number of hydrogen-bond donors (Lipinski definition) is 4. The molecule has 1 aromatic carbocycles. The number of benzene rings is 1. The molecule has 0 aromatic heterocycles. The summed E-state index contributed by atoms with van der Waals surface area (Å²) in [6, 6.07) is 3.69. The summed E-state index contributed by atoms with van der Waals surface area (Å²) < 4.78 is 10.8. The highest BCUT2D eigenvalue weighted by atomic mass is 16.5. The standard InChI is InChI=1S/C22H36N4O4/c1-16(2)6-7-23-22(28)24-21(27)15-26-10-8-25(9-11-26)14-18-13-20(30-5)19(29-4)12-17(18)3/h12-13,16H,6-11,14-15H2,1-5H3,(H2,23,24,27,28)/p+2. The van der Waals surface area contributed by atoms with E-state index in [9.17, 15) is 9.59 Å². The van der Waals surface area contributed by atoms with Crippen LogP contribution in [0, 0.1) is 12.8 Å². The second-order valence-electron chi connectivity index (χ2n) is 8.47. The molecular weight excluding hydrogens is 384 g/mol. The van der Waals surface area contributed by atoms with Crippen molar-refractivity contribution in [2.75, 3.05) is 53.5 Å². The van der Waals surface area contributed by atoms with Gasteiger partial charge < -0.3 is 24.6 Å². The fraction of sp³-hybridized carbons (Fsp3) is 0.636. The van der Waals surface area contributed by atoms with Gasteiger partial charge in [0.2, 0.25) is 0 Å². The summed E-state index contributed by atoms with van der Waals surface area (Å²) in [7, 11) is 3.30. The number of urea groups is 1. The van der Waals surface area contributed by atoms with Gasteiger partial charge in [-0.2, -0.15) is 0 Å². The average Bonchev–Trinajstić information content (AvgIpc) is 2.70. The van der Waals surface area contributed by atoms with E-state index >= 15 is 0 Å². The maximum atomic E-state index is 12.1. The molecule has 8 heteroatoms. The Morgan fingerprint density at radius 2 is 1.63 bits per heavy atom. The highest BCUT2D eigenvalue weighted by Crippen LogP contribution is 2.29. The first kappa shape index (κ1) is 24.0. The molecule has 1 aliphatic heterocycles. The normalized spacial score (nSPS) is 18.7. The molecule has 1 heterocycles. The van der Waals surface area contributed by atoms with Crippen LogP contribution in [0.5, 0.6) is 11.5 Å². The molecule has 4 N–H and O–H groups in total. The van der Waals surface area contributed by atoms with Crippen molar-refractivity contribution in [2.24, 2.45) is 5.92 Å². The molecule has 168 valence electrons. The van der Waals surface area contributed by atoms with Crippen LogP contribution in [0.2, 0.25) is 0 Å². The van der Waals surface area contributed by atoms with Gasteiger partial charge in [-0.25, -0.2) is 4.79 Å². The molecule has 1 aliphatic rings. The van der Waals surface area contributed by atoms with Gasteiger partial charge in [0.15, 0.2) is 18.0 Å². The van der Waals surface area contributed by atoms with Crippen LogP contribution in [0.15, 0.2) is 12.1 Å². The lowest BCUT2D eigenvalue weighted by atomic mass is 10.1. The molecule has 0 atom stereocenters. The number of nitrogens with one attached hydrogen (secondary N) is 4. The summed E-state index contributed by atoms with van der Waals surface area (Å²) in [5.41, 5.74) is 2.44. The minimum Gasteiger partial charge on any atom is -0.493 e. The molecule has 0 spiro atoms. The molecule has 1 fully saturated rings. The van der Waals surface area contributed by atoms with Crippen molar-refractivity contribution in [3.63, 3.8) is 0 Å². The minimum absolute atomic E-state index is 0.216. The number of quaternary nitrogens is 2. The SMILES string of the molecule is COc1cc(C)c(C[NH+]2CC[NH+](CC(=O)NC(=O)NCCC(C)C)CC2)cc1OC. The van der Waals surface area contributed by atoms with Crippen LogP contribution >= 0.6 is 0 Å². The van der Waals surface area contributed by atoms with Crippen LogP contribution in [-0.4, -0.2) is 65.4 Å². The number of carbonyl (C=O) groups is 2. The smallest absolute Gasteiger partial charge is 0.321 e. The van der Waals surface area contributed by atoms with E-state index in [0.717, 1.165) is 50.6 Å². The quantitative estimate of drug-likeness (QED) is 0.419. The molecule has 1 saturated heterocycles. The first-order chi connectivity index (χ1) is 14.3. The number of methoxy groups -OCH3 is 2. The molecule has 2 rings (SSSR count). The summed E-state index contributed by atoms with van der Waals surface area (Å²) in [6.45, 7) is 11.9. The largest absolute Gasteiger partial charge is 0.493 e. The van der Waals surface area contributed by atoms with Crippen LogP contribution in [0.4, 0.5) is 4.79 Å². The number of piperazine rings is 1. The lowest BCUT2D eigenvalue weighted by Gasteiger charge is -2.29. The number of hydrogen-bond acceptors (Lipinski definition) is 4. The van der Waals surface area contributed by atoms with Gasteiger partial charge in [-0.05, 0) is 37.0 Å². The monoisotopic (exact) mass is 422 g/mol. The molecule has 1 aromatic rings. The zero-order valence-electron chi connectivity index (χ0n) is 19.0. The number of aryl methyl sites for hydroxylation is 1. The van der Waals surface area contributed by atoms with Crippen LogP contribution in [0.25, 0.3) is 0 Å². The molecule has 0 bridgehead atoms. The fourth-order valence-electron chi connectivity index (χ4n) is 3.71. The number of carbonyl (C=O) groups excluding carboxylic acids is 2. The lowest BCUT2D eigenvalue weighted by molar-refractivity contribution is -1.02. The summed E-state index contributed by atoms with van der Waals surface area (Å²) in [4.78, 5) is 26.6. The Balaban J connectivity index is 1.76. The maximum absolute atomic E-state index is 12.1. The van der Waals surface area contributed by atoms with Crippen molar-refractivity contribution >= 4 is 11.9 Å². The number of ether oxygens (including phenoxy) is 2. The topological polar surface area (TPSA) is 85.5 Å². The lowest BCUT2D eigenvalue weighted by Crippen LogP contribution is -3.28. The number of amides is 3. The van der Waals surface area contributed by atoms with E-state index in [-0.39, 0.29) is 5.91 Å². The van der Waals surface area contributed by atoms with Gasteiger partial charge in [-0.1, -0.05) is 13.8 Å². The molecule has 8 nitrogen and oxygen atoms in total. The zero-order chi connectivity index (χ0) is 22.1. The van der Waals surface area contributed by atoms with Gasteiger partial charge in [-0.15, -0.1) is 0 Å². The predicted molar refractivity (Wildman–Crippen MR) is 115 cm³/mol. The van der Waals surface area contributed by atoms with Crippen molar-refractivity contribution in [3.05, 3.63) is 23.3 Å². The van der Waals surface area contributed by atoms with Gasteiger partial charge >= 0.3 is 6.03 Å². The Morgan fingerprint density at radius 1 is 1.03 bits per heavy atom. The summed E-state index contributed by atoms with van der Waals surface area (Å²) >= 11 is 0. The van der Waals surface area contributed by atoms with Crippen LogP contribution < -0.4 is 29.9 Å². The van der Waals surface area contributed by atoms with Gasteiger partial charge in [0, 0.05) is 12.1 Å². The number of rotatable bonds is 9. The average molecular weight is 423 g/mol. The summed E-state index contributed by atoms with van der Waals surface area (Å²) in [6.07, 6.45) is 0.900. The third kappa shape index (κ3) is 7.50. The molecular formula is C22H38N4O4+2. The van der Waals surface area contributed by atoms with Gasteiger partial charge in [0.1, 0.15) is 32.7 Å². The third-order valence-electron chi connectivity index (χ3n) is 5.62. The first-order valence-corrected chi connectivity index (χ1v) is 10.8. The van der Waals surface area contributed by atoms with Crippen molar-refractivity contribution in [1.82, 2.24) is 10.6 Å². The van der Waals surface area contributed by atoms with E-state index < -0.39 is 6.03 Å². The van der Waals surface area contributed by atoms with Gasteiger partial charge in [-0.3, -0.25) is 10.1 Å². The minimum atomic E-state index is -0.395. The Kier molecular flexibility index (Phi) is 9.39. The summed E-state index contributed by atoms with van der Waals surface area (Å²) in [5, 5.41) is 5.18. The Labute approximate surface area is 179 Å². The van der Waals surface area contributed by atoms with Crippen LogP contribution in [0.3, 0.4) is 0 Å². The number of imide groups is 1. The molecule has 30 heavy (non-hydrogen) atoms. The second kappa shape index (κ2) is 11.8. The fourth-order valence-corrected chi connectivity index (χ4v) is 3.71. The van der Waals surface area contributed by atoms with E-state index in [1.54, 1.807) is 14.2 Å². The van der Waals surface area contributed by atoms with Crippen molar-refractivity contribution in [1.29, 1.82) is 0 Å². The molecule has 3 amide bonds. The Bertz CT molecular complexity index is 715. The molecule has 0 aliphatic carbocycles. The highest BCUT2D eigenvalue weighted by Gasteiger charge is 2.26. The maximum Gasteiger partial charge on any atom is 0.321 e. The molecule has 0 radical (unpaired) electrons. The van der Waals surface area contributed by atoms with Crippen molar-refractivity contribution in [2.45, 2.75) is 33.7 Å². The highest BCUT2D eigenvalue weighted by molar-refractivity contribution is 5.94. The van der Waals surface area contributed by atoms with E-state index in [1.165, 1.54) is 20.9 Å². The van der Waals surface area contributed by atoms with Gasteiger partial charge in [0.05, 0.1) is 14.2 Å². The predicted octanol–water partition coefficient (Wildman–Crippen LogP) is -0.832. The molecule has 0 saturated carbocycles. The zero-order valence-corrected chi connectivity index (χ0v) is 19.0. The van der Waals surface area contributed by atoms with Gasteiger partial charge in [0.25, 0.3) is 5.91 Å². The van der Waals surface area contributed by atoms with Crippen LogP contribution in [0.1, 0.15) is 31.4 Å². The van der Waals surface area contributed by atoms with Crippen molar-refractivity contribution < 1.29 is 28.9 Å². The van der Waals surface area contributed by atoms with E-state index in [4.69, 9.17) is 9.47 Å². The Hall–Kier alpha value is -2.32. The first-order valence-electron chi connectivity index (χ1n) is 10.8. The third-order valence-corrected chi connectivity index (χ3v) is 5.62. The summed E-state index contributed by atoms with van der Waals surface area (Å²) in [5.74, 6) is 1.81.